The molecule has 0 unspecified atom stereocenters. The number of amides is 2. The molecule has 3 rings (SSSR count). The van der Waals surface area contributed by atoms with Crippen LogP contribution in [0.1, 0.15) is 37.2 Å². The molecule has 1 fully saturated rings. The van der Waals surface area contributed by atoms with Crippen LogP contribution in [0.15, 0.2) is 29.6 Å². The number of likely N-dealkylation sites (tertiary alicyclic amines) is 1. The van der Waals surface area contributed by atoms with Gasteiger partial charge in [-0.05, 0) is 26.0 Å². The molecule has 2 aliphatic heterocycles. The molecule has 1 spiro atoms. The van der Waals surface area contributed by atoms with Crippen LogP contribution < -0.4 is 0 Å². The van der Waals surface area contributed by atoms with E-state index >= 15 is 0 Å². The third-order valence-corrected chi connectivity index (χ3v) is 4.67. The molecule has 2 amide bonds. The summed E-state index contributed by atoms with van der Waals surface area (Å²) < 4.78 is 0. The zero-order valence-electron chi connectivity index (χ0n) is 14.2. The van der Waals surface area contributed by atoms with Gasteiger partial charge in [0.2, 0.25) is 0 Å². The first-order chi connectivity index (χ1) is 11.4. The van der Waals surface area contributed by atoms with E-state index in [-0.39, 0.29) is 17.9 Å². The molecule has 1 aromatic rings. The predicted molar refractivity (Wildman–Crippen MR) is 88.5 cm³/mol. The molecule has 0 N–H and O–H groups in total. The van der Waals surface area contributed by atoms with Crippen LogP contribution in [-0.4, -0.2) is 64.1 Å². The van der Waals surface area contributed by atoms with Crippen molar-refractivity contribution in [3.05, 3.63) is 30.1 Å². The minimum absolute atomic E-state index is 0.0996. The number of nitrogens with zero attached hydrogens (tertiary/aromatic N) is 4. The highest BCUT2D eigenvalue weighted by molar-refractivity contribution is 6.39. The molecule has 1 atom stereocenters. The van der Waals surface area contributed by atoms with Gasteiger partial charge in [-0.15, -0.1) is 0 Å². The number of aromatic nitrogens is 1. The van der Waals surface area contributed by atoms with E-state index in [9.17, 15) is 9.59 Å². The lowest BCUT2D eigenvalue weighted by molar-refractivity contribution is -0.124. The molecule has 24 heavy (non-hydrogen) atoms. The first-order valence-electron chi connectivity index (χ1n) is 8.14. The van der Waals surface area contributed by atoms with Gasteiger partial charge in [0.15, 0.2) is 5.60 Å². The van der Waals surface area contributed by atoms with Gasteiger partial charge in [0.25, 0.3) is 11.8 Å². The van der Waals surface area contributed by atoms with Gasteiger partial charge in [-0.1, -0.05) is 11.2 Å². The first-order valence-corrected chi connectivity index (χ1v) is 8.14. The van der Waals surface area contributed by atoms with Gasteiger partial charge >= 0.3 is 0 Å². The van der Waals surface area contributed by atoms with Crippen molar-refractivity contribution in [1.29, 1.82) is 0 Å². The predicted octanol–water partition coefficient (Wildman–Crippen LogP) is 1.31. The van der Waals surface area contributed by atoms with E-state index in [4.69, 9.17) is 4.84 Å². The molecular weight excluding hydrogens is 308 g/mol. The van der Waals surface area contributed by atoms with Crippen LogP contribution in [0.5, 0.6) is 0 Å². The molecular formula is C17H22N4O3. The van der Waals surface area contributed by atoms with Crippen LogP contribution in [-0.2, 0) is 9.63 Å². The van der Waals surface area contributed by atoms with E-state index in [2.05, 4.69) is 10.1 Å². The third kappa shape index (κ3) is 2.98. The van der Waals surface area contributed by atoms with E-state index in [1.54, 1.807) is 41.2 Å². The van der Waals surface area contributed by atoms with Gasteiger partial charge in [-0.2, -0.15) is 0 Å². The van der Waals surface area contributed by atoms with Crippen molar-refractivity contribution in [2.24, 2.45) is 5.16 Å². The molecule has 2 aliphatic rings. The number of pyridine rings is 1. The van der Waals surface area contributed by atoms with Crippen LogP contribution in [0.2, 0.25) is 0 Å². The van der Waals surface area contributed by atoms with Gasteiger partial charge < -0.3 is 14.6 Å². The lowest BCUT2D eigenvalue weighted by Crippen LogP contribution is -2.41. The van der Waals surface area contributed by atoms with E-state index in [0.717, 1.165) is 0 Å². The molecule has 0 aromatic carbocycles. The van der Waals surface area contributed by atoms with Crippen LogP contribution in [0.3, 0.4) is 0 Å². The van der Waals surface area contributed by atoms with Crippen molar-refractivity contribution in [1.82, 2.24) is 14.8 Å². The van der Waals surface area contributed by atoms with Crippen molar-refractivity contribution >= 4 is 17.5 Å². The number of rotatable bonds is 3. The van der Waals surface area contributed by atoms with Gasteiger partial charge in [0.1, 0.15) is 11.4 Å². The zero-order valence-corrected chi connectivity index (χ0v) is 14.2. The van der Waals surface area contributed by atoms with E-state index in [1.165, 1.54) is 0 Å². The fourth-order valence-corrected chi connectivity index (χ4v) is 2.96. The highest BCUT2D eigenvalue weighted by atomic mass is 16.7. The second-order valence-electron chi connectivity index (χ2n) is 6.69. The average Bonchev–Trinajstić information content (AvgIpc) is 3.21. The summed E-state index contributed by atoms with van der Waals surface area (Å²) in [6.07, 6.45) is 2.71. The molecule has 1 saturated heterocycles. The number of oxime groups is 1. The Morgan fingerprint density at radius 2 is 2.17 bits per heavy atom. The lowest BCUT2D eigenvalue weighted by atomic mass is 9.96. The summed E-state index contributed by atoms with van der Waals surface area (Å²) in [5.41, 5.74) is 0.274. The smallest absolute Gasteiger partial charge is 0.272 e. The quantitative estimate of drug-likeness (QED) is 0.837. The molecule has 7 nitrogen and oxygen atoms in total. The highest BCUT2D eigenvalue weighted by Gasteiger charge is 2.48. The number of carbonyl (C=O) groups is 2. The first kappa shape index (κ1) is 16.4. The van der Waals surface area contributed by atoms with Crippen molar-refractivity contribution in [3.8, 4) is 0 Å². The highest BCUT2D eigenvalue weighted by Crippen LogP contribution is 2.34. The molecule has 0 aliphatic carbocycles. The summed E-state index contributed by atoms with van der Waals surface area (Å²) in [5.74, 6) is -0.230. The normalized spacial score (nSPS) is 22.7. The van der Waals surface area contributed by atoms with E-state index in [0.29, 0.717) is 37.3 Å². The largest absolute Gasteiger partial charge is 0.386 e. The second kappa shape index (κ2) is 6.22. The van der Waals surface area contributed by atoms with Crippen molar-refractivity contribution < 1.29 is 14.4 Å². The molecule has 1 aromatic heterocycles. The molecule has 0 bridgehead atoms. The van der Waals surface area contributed by atoms with Gasteiger partial charge in [0.05, 0.1) is 6.54 Å². The summed E-state index contributed by atoms with van der Waals surface area (Å²) in [5, 5.41) is 4.01. The summed E-state index contributed by atoms with van der Waals surface area (Å²) in [4.78, 5) is 38.0. The molecule has 7 heteroatoms. The minimum atomic E-state index is -0.576. The van der Waals surface area contributed by atoms with Crippen LogP contribution >= 0.6 is 0 Å². The molecule has 3 heterocycles. The fourth-order valence-electron chi connectivity index (χ4n) is 2.96. The Bertz CT molecular complexity index is 674. The molecule has 0 saturated carbocycles. The van der Waals surface area contributed by atoms with E-state index in [1.807, 2.05) is 13.8 Å². The number of carbonyl (C=O) groups excluding carboxylic acids is 2. The second-order valence-corrected chi connectivity index (χ2v) is 6.69. The lowest BCUT2D eigenvalue weighted by Gasteiger charge is -2.23. The summed E-state index contributed by atoms with van der Waals surface area (Å²) >= 11 is 0. The minimum Gasteiger partial charge on any atom is -0.386 e. The van der Waals surface area contributed by atoms with Gasteiger partial charge in [0, 0.05) is 38.7 Å². The summed E-state index contributed by atoms with van der Waals surface area (Å²) in [6, 6.07) is 5.37. The monoisotopic (exact) mass is 330 g/mol. The maximum absolute atomic E-state index is 12.5. The van der Waals surface area contributed by atoms with E-state index < -0.39 is 5.60 Å². The fraction of sp³-hybridized carbons (Fsp3) is 0.529. The Morgan fingerprint density at radius 1 is 1.38 bits per heavy atom. The van der Waals surface area contributed by atoms with Crippen LogP contribution in [0, 0.1) is 0 Å². The van der Waals surface area contributed by atoms with Crippen molar-refractivity contribution in [2.75, 3.05) is 20.1 Å². The maximum Gasteiger partial charge on any atom is 0.272 e. The maximum atomic E-state index is 12.5. The SMILES string of the molecule is CC(C)N(C)C(=O)C1=NO[C@@]2(CCN(C(=O)c3ccccn3)C2)C1. The number of hydrogen-bond donors (Lipinski definition) is 0. The summed E-state index contributed by atoms with van der Waals surface area (Å²) in [7, 11) is 1.76. The standard InChI is InChI=1S/C17H22N4O3/c1-12(2)20(3)15(22)14-10-17(24-19-14)7-9-21(11-17)16(23)13-6-4-5-8-18-13/h4-6,8,12H,7,9-11H2,1-3H3/t17-/m0/s1. The van der Waals surface area contributed by atoms with Gasteiger partial charge in [-0.25, -0.2) is 0 Å². The Morgan fingerprint density at radius 3 is 2.83 bits per heavy atom. The zero-order chi connectivity index (χ0) is 17.3. The molecule has 128 valence electrons. The number of hydrogen-bond acceptors (Lipinski definition) is 5. The Labute approximate surface area is 141 Å². The summed E-state index contributed by atoms with van der Waals surface area (Å²) in [6.45, 7) is 4.90. The molecule has 0 radical (unpaired) electrons. The van der Waals surface area contributed by atoms with Crippen molar-refractivity contribution in [3.63, 3.8) is 0 Å². The Kier molecular flexibility index (Phi) is 4.26. The van der Waals surface area contributed by atoms with Crippen molar-refractivity contribution in [2.45, 2.75) is 38.3 Å². The topological polar surface area (TPSA) is 75.1 Å². The third-order valence-electron chi connectivity index (χ3n) is 4.67. The Hall–Kier alpha value is -2.44. The van der Waals surface area contributed by atoms with Gasteiger partial charge in [-0.3, -0.25) is 14.6 Å². The Balaban J connectivity index is 1.64. The van der Waals surface area contributed by atoms with Crippen LogP contribution in [0.25, 0.3) is 0 Å². The average molecular weight is 330 g/mol. The van der Waals surface area contributed by atoms with Crippen LogP contribution in [0.4, 0.5) is 0 Å².